The van der Waals surface area contributed by atoms with Crippen LogP contribution in [0.15, 0.2) is 24.3 Å². The van der Waals surface area contributed by atoms with Gasteiger partial charge in [-0.15, -0.1) is 0 Å². The van der Waals surface area contributed by atoms with Crippen LogP contribution in [-0.2, 0) is 16.0 Å². The minimum absolute atomic E-state index is 0.164. The van der Waals surface area contributed by atoms with Crippen molar-refractivity contribution in [3.8, 4) is 5.75 Å². The first kappa shape index (κ1) is 18.7. The van der Waals surface area contributed by atoms with Gasteiger partial charge in [-0.3, -0.25) is 9.59 Å². The number of likely N-dealkylation sites (tertiary alicyclic amines) is 1. The van der Waals surface area contributed by atoms with E-state index in [0.717, 1.165) is 57.4 Å². The van der Waals surface area contributed by atoms with Crippen molar-refractivity contribution in [3.05, 3.63) is 29.8 Å². The fraction of sp³-hybridized carbons (Fsp3) is 0.619. The summed E-state index contributed by atoms with van der Waals surface area (Å²) in [6, 6.07) is 8.28. The van der Waals surface area contributed by atoms with Crippen LogP contribution in [0.25, 0.3) is 0 Å². The van der Waals surface area contributed by atoms with Gasteiger partial charge >= 0.3 is 0 Å². The molecular formula is C21H30N2O3. The highest BCUT2D eigenvalue weighted by atomic mass is 16.5. The SMILES string of the molecule is COc1ccc(CC2CCN(C(=O)CCCNC(=O)C3CC3)CC2)cc1. The van der Waals surface area contributed by atoms with Crippen molar-refractivity contribution >= 4 is 11.8 Å². The predicted molar refractivity (Wildman–Crippen MR) is 101 cm³/mol. The van der Waals surface area contributed by atoms with Crippen LogP contribution in [-0.4, -0.2) is 43.5 Å². The van der Waals surface area contributed by atoms with Gasteiger partial charge < -0.3 is 15.0 Å². The van der Waals surface area contributed by atoms with E-state index in [-0.39, 0.29) is 17.7 Å². The first-order valence-corrected chi connectivity index (χ1v) is 9.84. The molecule has 0 aromatic heterocycles. The van der Waals surface area contributed by atoms with Crippen LogP contribution in [0.3, 0.4) is 0 Å². The van der Waals surface area contributed by atoms with Crippen molar-refractivity contribution in [2.24, 2.45) is 11.8 Å². The molecule has 1 aromatic rings. The fourth-order valence-electron chi connectivity index (χ4n) is 3.58. The number of benzene rings is 1. The van der Waals surface area contributed by atoms with E-state index in [1.807, 2.05) is 17.0 Å². The monoisotopic (exact) mass is 358 g/mol. The Morgan fingerprint density at radius 1 is 1.12 bits per heavy atom. The Balaban J connectivity index is 1.31. The Hall–Kier alpha value is -2.04. The molecule has 1 aliphatic heterocycles. The van der Waals surface area contributed by atoms with Crippen LogP contribution < -0.4 is 10.1 Å². The molecule has 1 N–H and O–H groups in total. The van der Waals surface area contributed by atoms with Gasteiger partial charge in [0.15, 0.2) is 0 Å². The van der Waals surface area contributed by atoms with Crippen LogP contribution in [0.1, 0.15) is 44.1 Å². The second kappa shape index (κ2) is 9.06. The summed E-state index contributed by atoms with van der Waals surface area (Å²) in [6.07, 6.45) is 6.52. The van der Waals surface area contributed by atoms with E-state index in [4.69, 9.17) is 4.74 Å². The zero-order valence-electron chi connectivity index (χ0n) is 15.7. The van der Waals surface area contributed by atoms with Gasteiger partial charge in [-0.05, 0) is 62.1 Å². The third-order valence-electron chi connectivity index (χ3n) is 5.47. The van der Waals surface area contributed by atoms with Gasteiger partial charge in [0.1, 0.15) is 5.75 Å². The number of carbonyl (C=O) groups is 2. The largest absolute Gasteiger partial charge is 0.497 e. The summed E-state index contributed by atoms with van der Waals surface area (Å²) < 4.78 is 5.20. The second-order valence-corrected chi connectivity index (χ2v) is 7.55. The molecule has 26 heavy (non-hydrogen) atoms. The Kier molecular flexibility index (Phi) is 6.53. The second-order valence-electron chi connectivity index (χ2n) is 7.55. The maximum absolute atomic E-state index is 12.3. The molecule has 2 amide bonds. The van der Waals surface area contributed by atoms with Gasteiger partial charge in [-0.1, -0.05) is 12.1 Å². The molecular weight excluding hydrogens is 328 g/mol. The molecule has 3 rings (SSSR count). The summed E-state index contributed by atoms with van der Waals surface area (Å²) in [5.41, 5.74) is 1.34. The average molecular weight is 358 g/mol. The average Bonchev–Trinajstić information content (AvgIpc) is 3.51. The number of carbonyl (C=O) groups excluding carboxylic acids is 2. The minimum Gasteiger partial charge on any atom is -0.497 e. The molecule has 2 fully saturated rings. The molecule has 1 aliphatic carbocycles. The van der Waals surface area contributed by atoms with Gasteiger partial charge in [-0.25, -0.2) is 0 Å². The Morgan fingerprint density at radius 2 is 1.81 bits per heavy atom. The van der Waals surface area contributed by atoms with Crippen LogP contribution in [0.4, 0.5) is 0 Å². The lowest BCUT2D eigenvalue weighted by molar-refractivity contribution is -0.133. The number of rotatable bonds is 8. The Morgan fingerprint density at radius 3 is 2.42 bits per heavy atom. The smallest absolute Gasteiger partial charge is 0.223 e. The molecule has 2 aliphatic rings. The van der Waals surface area contributed by atoms with Crippen LogP contribution >= 0.6 is 0 Å². The number of ether oxygens (including phenoxy) is 1. The van der Waals surface area contributed by atoms with Gasteiger partial charge in [0.25, 0.3) is 0 Å². The number of piperidine rings is 1. The zero-order chi connectivity index (χ0) is 18.4. The number of nitrogens with one attached hydrogen (secondary N) is 1. The van der Waals surface area contributed by atoms with Crippen molar-refractivity contribution in [3.63, 3.8) is 0 Å². The van der Waals surface area contributed by atoms with Crippen molar-refractivity contribution in [1.82, 2.24) is 10.2 Å². The van der Waals surface area contributed by atoms with Gasteiger partial charge in [0.2, 0.25) is 11.8 Å². The highest BCUT2D eigenvalue weighted by molar-refractivity contribution is 5.81. The number of methoxy groups -OCH3 is 1. The standard InChI is InChI=1S/C21H30N2O3/c1-26-19-8-4-16(5-9-19)15-17-10-13-23(14-11-17)20(24)3-2-12-22-21(25)18-6-7-18/h4-5,8-9,17-18H,2-3,6-7,10-15H2,1H3,(H,22,25). The minimum atomic E-state index is 0.164. The molecule has 0 radical (unpaired) electrons. The molecule has 5 heteroatoms. The zero-order valence-corrected chi connectivity index (χ0v) is 15.7. The summed E-state index contributed by atoms with van der Waals surface area (Å²) >= 11 is 0. The van der Waals surface area contributed by atoms with Crippen LogP contribution in [0.5, 0.6) is 5.75 Å². The lowest BCUT2D eigenvalue weighted by Gasteiger charge is -2.32. The van der Waals surface area contributed by atoms with Crippen LogP contribution in [0, 0.1) is 11.8 Å². The van der Waals surface area contributed by atoms with Gasteiger partial charge in [-0.2, -0.15) is 0 Å². The number of hydrogen-bond donors (Lipinski definition) is 1. The summed E-state index contributed by atoms with van der Waals surface area (Å²) in [4.78, 5) is 25.9. The number of nitrogens with zero attached hydrogens (tertiary/aromatic N) is 1. The van der Waals surface area contributed by atoms with Crippen molar-refractivity contribution < 1.29 is 14.3 Å². The molecule has 1 saturated heterocycles. The first-order chi connectivity index (χ1) is 12.7. The molecule has 1 heterocycles. The number of amides is 2. The van der Waals surface area contributed by atoms with Crippen molar-refractivity contribution in [2.75, 3.05) is 26.7 Å². The van der Waals surface area contributed by atoms with Gasteiger partial charge in [0.05, 0.1) is 7.11 Å². The third kappa shape index (κ3) is 5.48. The Bertz CT molecular complexity index is 602. The quantitative estimate of drug-likeness (QED) is 0.727. The van der Waals surface area contributed by atoms with E-state index in [2.05, 4.69) is 17.4 Å². The van der Waals surface area contributed by atoms with E-state index in [0.29, 0.717) is 18.9 Å². The summed E-state index contributed by atoms with van der Waals surface area (Å²) in [6.45, 7) is 2.33. The molecule has 5 nitrogen and oxygen atoms in total. The van der Waals surface area contributed by atoms with E-state index in [9.17, 15) is 9.59 Å². The topological polar surface area (TPSA) is 58.6 Å². The fourth-order valence-corrected chi connectivity index (χ4v) is 3.58. The van der Waals surface area contributed by atoms with E-state index in [1.54, 1.807) is 7.11 Å². The molecule has 0 unspecified atom stereocenters. The predicted octanol–water partition coefficient (Wildman–Crippen LogP) is 2.78. The summed E-state index contributed by atoms with van der Waals surface area (Å²) in [5.74, 6) is 2.17. The maximum atomic E-state index is 12.3. The number of hydrogen-bond acceptors (Lipinski definition) is 3. The summed E-state index contributed by atoms with van der Waals surface area (Å²) in [7, 11) is 1.68. The van der Waals surface area contributed by atoms with Crippen molar-refractivity contribution in [1.29, 1.82) is 0 Å². The molecule has 1 aromatic carbocycles. The molecule has 1 saturated carbocycles. The molecule has 142 valence electrons. The highest BCUT2D eigenvalue weighted by Gasteiger charge is 2.29. The first-order valence-electron chi connectivity index (χ1n) is 9.84. The van der Waals surface area contributed by atoms with Crippen molar-refractivity contribution in [2.45, 2.75) is 44.9 Å². The molecule has 0 spiro atoms. The lowest BCUT2D eigenvalue weighted by Crippen LogP contribution is -2.39. The van der Waals surface area contributed by atoms with E-state index < -0.39 is 0 Å². The highest BCUT2D eigenvalue weighted by Crippen LogP contribution is 2.28. The third-order valence-corrected chi connectivity index (χ3v) is 5.47. The van der Waals surface area contributed by atoms with E-state index in [1.165, 1.54) is 5.56 Å². The van der Waals surface area contributed by atoms with Crippen LogP contribution in [0.2, 0.25) is 0 Å². The summed E-state index contributed by atoms with van der Waals surface area (Å²) in [5, 5.41) is 2.93. The molecule has 0 atom stereocenters. The maximum Gasteiger partial charge on any atom is 0.223 e. The van der Waals surface area contributed by atoms with E-state index >= 15 is 0 Å². The normalized spacial score (nSPS) is 17.8. The molecule has 0 bridgehead atoms. The van der Waals surface area contributed by atoms with Gasteiger partial charge in [0, 0.05) is 32.0 Å². The lowest BCUT2D eigenvalue weighted by atomic mass is 9.90. The Labute approximate surface area is 156 Å².